The molecule has 0 aromatic carbocycles. The van der Waals surface area contributed by atoms with Crippen molar-refractivity contribution >= 4 is 56.6 Å². The molecule has 21 heteroatoms. The molecular formula is C42H52N12O7S2. The average molecular weight is 901 g/mol. The maximum atomic E-state index is 12.7. The molecule has 334 valence electrons. The Morgan fingerprint density at radius 2 is 1.40 bits per heavy atom. The molecule has 3 saturated heterocycles. The van der Waals surface area contributed by atoms with Gasteiger partial charge in [0.05, 0.1) is 40.3 Å². The van der Waals surface area contributed by atoms with Crippen LogP contribution in [0.5, 0.6) is 0 Å². The Bertz CT molecular complexity index is 2700. The molecule has 19 nitrogen and oxygen atoms in total. The number of thiophene rings is 2. The van der Waals surface area contributed by atoms with Crippen LogP contribution in [-0.2, 0) is 17.7 Å². The van der Waals surface area contributed by atoms with Crippen molar-refractivity contribution in [3.8, 4) is 0 Å². The Morgan fingerprint density at radius 3 is 2.05 bits per heavy atom. The summed E-state index contributed by atoms with van der Waals surface area (Å²) in [7, 11) is 0. The molecule has 0 bridgehead atoms. The van der Waals surface area contributed by atoms with Crippen LogP contribution in [0.25, 0.3) is 22.1 Å². The Hall–Kier alpha value is -5.16. The lowest BCUT2D eigenvalue weighted by Crippen LogP contribution is -2.49. The van der Waals surface area contributed by atoms with Crippen LogP contribution in [0.2, 0.25) is 0 Å². The van der Waals surface area contributed by atoms with Crippen LogP contribution in [0.1, 0.15) is 117 Å². The van der Waals surface area contributed by atoms with Gasteiger partial charge in [-0.25, -0.2) is 30.3 Å². The molecule has 4 fully saturated rings. The monoisotopic (exact) mass is 900 g/mol. The summed E-state index contributed by atoms with van der Waals surface area (Å²) in [5.74, 6) is 1.37. The first kappa shape index (κ1) is 43.1. The van der Waals surface area contributed by atoms with Gasteiger partial charge in [0, 0.05) is 61.6 Å². The second kappa shape index (κ2) is 18.5. The Balaban J connectivity index is 0.000000160. The number of H-pyrrole nitrogens is 2. The number of aromatic amines is 2. The number of rotatable bonds is 11. The highest BCUT2D eigenvalue weighted by Crippen LogP contribution is 2.35. The summed E-state index contributed by atoms with van der Waals surface area (Å²) < 4.78 is 9.30. The van der Waals surface area contributed by atoms with Gasteiger partial charge in [-0.2, -0.15) is 10.2 Å². The third-order valence-electron chi connectivity index (χ3n) is 13.0. The largest absolute Gasteiger partial charge is 0.381 e. The molecular weight excluding hydrogens is 849 g/mol. The zero-order valence-electron chi connectivity index (χ0n) is 35.2. The zero-order valence-corrected chi connectivity index (χ0v) is 36.8. The van der Waals surface area contributed by atoms with E-state index in [4.69, 9.17) is 25.1 Å². The van der Waals surface area contributed by atoms with Crippen molar-refractivity contribution in [3.63, 3.8) is 0 Å². The number of fused-ring (bicyclic) bond motifs is 2. The van der Waals surface area contributed by atoms with E-state index in [-0.39, 0.29) is 29.1 Å². The lowest BCUT2D eigenvalue weighted by Gasteiger charge is -2.42. The van der Waals surface area contributed by atoms with E-state index in [2.05, 4.69) is 43.8 Å². The molecule has 3 unspecified atom stereocenters. The van der Waals surface area contributed by atoms with E-state index < -0.39 is 11.8 Å². The predicted octanol–water partition coefficient (Wildman–Crippen LogP) is 4.54. The van der Waals surface area contributed by atoms with Crippen molar-refractivity contribution in [1.29, 1.82) is 0 Å². The summed E-state index contributed by atoms with van der Waals surface area (Å²) in [5, 5.41) is 27.6. The van der Waals surface area contributed by atoms with Crippen LogP contribution >= 0.6 is 22.7 Å². The van der Waals surface area contributed by atoms with Crippen LogP contribution in [0.15, 0.2) is 46.2 Å². The number of carbonyl (C=O) groups excluding carboxylic acids is 2. The van der Waals surface area contributed by atoms with Gasteiger partial charge in [-0.15, -0.1) is 22.7 Å². The summed E-state index contributed by atoms with van der Waals surface area (Å²) in [6.07, 6.45) is 10.4. The lowest BCUT2D eigenvalue weighted by atomic mass is 9.93. The fourth-order valence-electron chi connectivity index (χ4n) is 9.48. The number of hydroxylamine groups is 2. The van der Waals surface area contributed by atoms with Crippen LogP contribution in [0.4, 0.5) is 0 Å². The maximum absolute atomic E-state index is 12.7. The van der Waals surface area contributed by atoms with Gasteiger partial charge in [-0.3, -0.25) is 39.4 Å². The Morgan fingerprint density at radius 1 is 0.810 bits per heavy atom. The molecule has 1 aliphatic carbocycles. The first-order valence-corrected chi connectivity index (χ1v) is 23.2. The molecule has 6 aromatic heterocycles. The normalized spacial score (nSPS) is 20.8. The van der Waals surface area contributed by atoms with E-state index in [1.165, 1.54) is 35.5 Å². The van der Waals surface area contributed by atoms with E-state index in [1.54, 1.807) is 35.5 Å². The highest BCUT2D eigenvalue weighted by atomic mass is 32.1. The molecule has 9 heterocycles. The SMILES string of the molecule is CC(c1nc2c(cnn2C2CCOCC2)c(=O)[nH]1)N1CC(Cc2ccc(C(=O)NO)s2)C1.CC1CN(Cc2ccc(C(=O)NO)s2)CC1c1nc2c(cnn2C2CCCC2)c(=O)[nH]1. The van der Waals surface area contributed by atoms with Gasteiger partial charge in [0.25, 0.3) is 22.9 Å². The first-order valence-electron chi connectivity index (χ1n) is 21.6. The summed E-state index contributed by atoms with van der Waals surface area (Å²) in [4.78, 5) is 72.0. The number of ether oxygens (including phenoxy) is 1. The number of amides is 2. The molecule has 2 amide bonds. The maximum Gasteiger partial charge on any atom is 0.284 e. The van der Waals surface area contributed by atoms with Crippen molar-refractivity contribution < 1.29 is 24.7 Å². The number of nitrogens with zero attached hydrogens (tertiary/aromatic N) is 8. The van der Waals surface area contributed by atoms with Gasteiger partial charge in [-0.05, 0) is 75.1 Å². The third kappa shape index (κ3) is 9.00. The highest BCUT2D eigenvalue weighted by Gasteiger charge is 2.35. The number of aromatic nitrogens is 8. The molecule has 1 saturated carbocycles. The molecule has 3 aliphatic heterocycles. The van der Waals surface area contributed by atoms with Crippen molar-refractivity contribution in [2.45, 2.75) is 89.4 Å². The first-order chi connectivity index (χ1) is 30.6. The summed E-state index contributed by atoms with van der Waals surface area (Å²) in [6.45, 7) is 9.81. The number of likely N-dealkylation sites (tertiary alicyclic amines) is 2. The smallest absolute Gasteiger partial charge is 0.284 e. The van der Waals surface area contributed by atoms with Gasteiger partial charge >= 0.3 is 0 Å². The molecule has 10 rings (SSSR count). The topological polar surface area (TPSA) is 242 Å². The quantitative estimate of drug-likeness (QED) is 0.0775. The number of nitrogens with one attached hydrogen (secondary N) is 4. The Labute approximate surface area is 369 Å². The second-order valence-electron chi connectivity index (χ2n) is 17.2. The van der Waals surface area contributed by atoms with Crippen molar-refractivity contribution in [3.05, 3.63) is 88.5 Å². The summed E-state index contributed by atoms with van der Waals surface area (Å²) >= 11 is 2.77. The Kier molecular flexibility index (Phi) is 12.7. The molecule has 0 radical (unpaired) electrons. The van der Waals surface area contributed by atoms with E-state index >= 15 is 0 Å². The fourth-order valence-corrected chi connectivity index (χ4v) is 11.4. The molecule has 63 heavy (non-hydrogen) atoms. The van der Waals surface area contributed by atoms with Crippen LogP contribution in [0.3, 0.4) is 0 Å². The molecule has 3 atom stereocenters. The number of hydrogen-bond acceptors (Lipinski definition) is 15. The molecule has 6 aromatic rings. The summed E-state index contributed by atoms with van der Waals surface area (Å²) in [6, 6.07) is 7.83. The minimum atomic E-state index is -0.488. The zero-order chi connectivity index (χ0) is 43.8. The second-order valence-corrected chi connectivity index (χ2v) is 19.6. The minimum Gasteiger partial charge on any atom is -0.381 e. The summed E-state index contributed by atoms with van der Waals surface area (Å²) in [5.41, 5.74) is 4.42. The lowest BCUT2D eigenvalue weighted by molar-refractivity contribution is 0.0565. The van der Waals surface area contributed by atoms with Crippen LogP contribution < -0.4 is 22.1 Å². The third-order valence-corrected chi connectivity index (χ3v) is 15.2. The fraction of sp³-hybridized carbons (Fsp3) is 0.524. The van der Waals surface area contributed by atoms with E-state index in [0.29, 0.717) is 68.7 Å². The van der Waals surface area contributed by atoms with Crippen molar-refractivity contribution in [2.24, 2.45) is 11.8 Å². The van der Waals surface area contributed by atoms with Crippen LogP contribution in [0, 0.1) is 11.8 Å². The predicted molar refractivity (Wildman–Crippen MR) is 234 cm³/mol. The average Bonchev–Trinajstić information content (AvgIpc) is 4.14. The number of hydrogen-bond donors (Lipinski definition) is 6. The van der Waals surface area contributed by atoms with Gasteiger partial charge in [0.15, 0.2) is 11.3 Å². The van der Waals surface area contributed by atoms with Gasteiger partial charge in [0.1, 0.15) is 22.4 Å². The van der Waals surface area contributed by atoms with E-state index in [1.807, 2.05) is 21.5 Å². The minimum absolute atomic E-state index is 0.0135. The van der Waals surface area contributed by atoms with Gasteiger partial charge in [-0.1, -0.05) is 19.8 Å². The molecule has 4 aliphatic rings. The molecule has 0 spiro atoms. The standard InChI is InChI=1S/C21H26N6O4S.C21H26N6O3S/c1-12(26-10-13(11-26)8-15-2-3-17(32-15)21(29)25-30)18-23-19-16(20(28)24-18)9-22-27(19)14-4-6-31-7-5-14;1-12-9-26(10-14-6-7-17(31-14)21(29)25-30)11-16(12)18-23-19-15(20(28)24-18)8-22-27(19)13-4-2-3-5-13/h2-3,9,12-14,30H,4-8,10-11H2,1H3,(H,25,29)(H,23,24,28);6-8,12-13,16,30H,2-5,9-11H2,1H3,(H,25,29)(H,23,24,28). The van der Waals surface area contributed by atoms with Crippen molar-refractivity contribution in [2.75, 3.05) is 39.4 Å². The molecule has 6 N–H and O–H groups in total. The number of carbonyl (C=O) groups is 2. The van der Waals surface area contributed by atoms with Gasteiger partial charge < -0.3 is 14.7 Å². The van der Waals surface area contributed by atoms with Crippen LogP contribution in [-0.4, -0.2) is 111 Å². The van der Waals surface area contributed by atoms with Gasteiger partial charge in [0.2, 0.25) is 0 Å². The van der Waals surface area contributed by atoms with E-state index in [0.717, 1.165) is 80.4 Å². The highest BCUT2D eigenvalue weighted by molar-refractivity contribution is 7.14. The van der Waals surface area contributed by atoms with Crippen molar-refractivity contribution in [1.82, 2.24) is 60.3 Å². The van der Waals surface area contributed by atoms with E-state index in [9.17, 15) is 19.2 Å².